The zero-order valence-electron chi connectivity index (χ0n) is 10.4. The number of nitrogens with two attached hydrogens (primary N) is 1. The van der Waals surface area contributed by atoms with Gasteiger partial charge in [-0.15, -0.1) is 0 Å². The van der Waals surface area contributed by atoms with Crippen molar-refractivity contribution >= 4 is 49.4 Å². The summed E-state index contributed by atoms with van der Waals surface area (Å²) in [6.07, 6.45) is 2.87. The van der Waals surface area contributed by atoms with Gasteiger partial charge in [-0.25, -0.2) is 4.98 Å². The van der Waals surface area contributed by atoms with Crippen LogP contribution in [-0.2, 0) is 0 Å². The molecule has 3 aromatic rings. The summed E-state index contributed by atoms with van der Waals surface area (Å²) in [5.41, 5.74) is 6.50. The van der Waals surface area contributed by atoms with E-state index in [4.69, 9.17) is 5.73 Å². The van der Waals surface area contributed by atoms with Gasteiger partial charge in [-0.2, -0.15) is 24.7 Å². The minimum atomic E-state index is 0.0891. The molecule has 106 valence electrons. The monoisotopic (exact) mass is 410 g/mol. The van der Waals surface area contributed by atoms with Gasteiger partial charge in [-0.3, -0.25) is 0 Å². The highest BCUT2D eigenvalue weighted by Crippen LogP contribution is 2.28. The van der Waals surface area contributed by atoms with Crippen LogP contribution in [0.25, 0.3) is 5.95 Å². The molecule has 8 nitrogen and oxygen atoms in total. The summed E-state index contributed by atoms with van der Waals surface area (Å²) in [7, 11) is 0. The van der Waals surface area contributed by atoms with Gasteiger partial charge in [0.15, 0.2) is 0 Å². The highest BCUT2D eigenvalue weighted by atomic mass is 79.9. The van der Waals surface area contributed by atoms with Gasteiger partial charge < -0.3 is 11.1 Å². The van der Waals surface area contributed by atoms with Crippen molar-refractivity contribution in [1.82, 2.24) is 29.7 Å². The number of nitrogen functional groups attached to an aromatic ring is 1. The van der Waals surface area contributed by atoms with Gasteiger partial charge in [0.25, 0.3) is 5.95 Å². The van der Waals surface area contributed by atoms with Gasteiger partial charge in [0, 0.05) is 8.95 Å². The Morgan fingerprint density at radius 1 is 1.14 bits per heavy atom. The molecule has 0 aliphatic carbocycles. The summed E-state index contributed by atoms with van der Waals surface area (Å²) in [6, 6.07) is 5.68. The summed E-state index contributed by atoms with van der Waals surface area (Å²) in [5, 5.41) is 7.03. The number of rotatable bonds is 3. The lowest BCUT2D eigenvalue weighted by atomic mass is 10.3. The van der Waals surface area contributed by atoms with E-state index in [2.05, 4.69) is 62.2 Å². The molecule has 2 heterocycles. The number of hydrogen-bond acceptors (Lipinski definition) is 7. The molecule has 0 fully saturated rings. The molecule has 2 aromatic heterocycles. The Morgan fingerprint density at radius 3 is 2.71 bits per heavy atom. The van der Waals surface area contributed by atoms with Gasteiger partial charge in [0.1, 0.15) is 12.7 Å². The normalized spacial score (nSPS) is 10.6. The van der Waals surface area contributed by atoms with E-state index in [-0.39, 0.29) is 11.9 Å². The van der Waals surface area contributed by atoms with E-state index >= 15 is 0 Å². The third-order valence-corrected chi connectivity index (χ3v) is 3.59. The first-order chi connectivity index (χ1) is 10.1. The fourth-order valence-corrected chi connectivity index (χ4v) is 2.71. The van der Waals surface area contributed by atoms with E-state index in [0.29, 0.717) is 5.95 Å². The van der Waals surface area contributed by atoms with Crippen molar-refractivity contribution in [2.75, 3.05) is 11.1 Å². The van der Waals surface area contributed by atoms with E-state index in [9.17, 15) is 0 Å². The van der Waals surface area contributed by atoms with Crippen molar-refractivity contribution in [1.29, 1.82) is 0 Å². The van der Waals surface area contributed by atoms with Crippen molar-refractivity contribution in [3.63, 3.8) is 0 Å². The summed E-state index contributed by atoms with van der Waals surface area (Å²) >= 11 is 6.85. The Morgan fingerprint density at radius 2 is 2.00 bits per heavy atom. The van der Waals surface area contributed by atoms with Crippen LogP contribution in [0.15, 0.2) is 39.8 Å². The number of benzene rings is 1. The highest BCUT2D eigenvalue weighted by Gasteiger charge is 2.09. The molecule has 1 aromatic carbocycles. The van der Waals surface area contributed by atoms with Crippen LogP contribution in [0.5, 0.6) is 0 Å². The quantitative estimate of drug-likeness (QED) is 0.680. The van der Waals surface area contributed by atoms with E-state index < -0.39 is 0 Å². The lowest BCUT2D eigenvalue weighted by molar-refractivity contribution is 0.800. The average Bonchev–Trinajstić information content (AvgIpc) is 2.95. The maximum Gasteiger partial charge on any atom is 0.258 e. The molecule has 0 aliphatic heterocycles. The molecule has 3 N–H and O–H groups in total. The number of hydrogen-bond donors (Lipinski definition) is 2. The van der Waals surface area contributed by atoms with Gasteiger partial charge in [0.2, 0.25) is 11.9 Å². The molecule has 0 amide bonds. The third-order valence-electron chi connectivity index (χ3n) is 2.44. The highest BCUT2D eigenvalue weighted by molar-refractivity contribution is 9.11. The van der Waals surface area contributed by atoms with Crippen LogP contribution in [-0.4, -0.2) is 29.7 Å². The Labute approximate surface area is 136 Å². The van der Waals surface area contributed by atoms with Crippen molar-refractivity contribution in [2.45, 2.75) is 0 Å². The number of aromatic nitrogens is 6. The van der Waals surface area contributed by atoms with Crippen LogP contribution < -0.4 is 11.1 Å². The molecule has 0 atom stereocenters. The molecule has 0 saturated heterocycles. The van der Waals surface area contributed by atoms with Gasteiger partial charge in [-0.1, -0.05) is 15.9 Å². The fourth-order valence-electron chi connectivity index (χ4n) is 1.56. The molecule has 3 rings (SSSR count). The number of nitrogens with zero attached hydrogens (tertiary/aromatic N) is 6. The summed E-state index contributed by atoms with van der Waals surface area (Å²) in [5.74, 6) is 0.693. The van der Waals surface area contributed by atoms with Gasteiger partial charge in [0.05, 0.1) is 5.69 Å². The number of nitrogens with one attached hydrogen (secondary N) is 1. The van der Waals surface area contributed by atoms with Crippen LogP contribution in [0.3, 0.4) is 0 Å². The Hall–Kier alpha value is -2.07. The molecule has 0 aliphatic rings. The second-order valence-electron chi connectivity index (χ2n) is 3.91. The minimum Gasteiger partial charge on any atom is -0.368 e. The van der Waals surface area contributed by atoms with E-state index in [0.717, 1.165) is 14.6 Å². The Kier molecular flexibility index (Phi) is 3.80. The molecule has 21 heavy (non-hydrogen) atoms. The molecular formula is C11H8Br2N8. The fraction of sp³-hybridized carbons (Fsp3) is 0. The van der Waals surface area contributed by atoms with E-state index in [1.807, 2.05) is 18.2 Å². The average molecular weight is 412 g/mol. The van der Waals surface area contributed by atoms with Crippen LogP contribution in [0, 0.1) is 0 Å². The van der Waals surface area contributed by atoms with Gasteiger partial charge >= 0.3 is 0 Å². The Bertz CT molecular complexity index is 774. The first kappa shape index (κ1) is 13.9. The standard InChI is InChI=1S/C11H8Br2N8/c12-6-1-2-8(7(13)3-6)17-10-18-9(14)19-11(20-10)21-5-15-4-16-21/h1-5H,(H3,14,17,18,19,20). The van der Waals surface area contributed by atoms with Crippen LogP contribution in [0.1, 0.15) is 0 Å². The second-order valence-corrected chi connectivity index (χ2v) is 5.68. The van der Waals surface area contributed by atoms with Crippen molar-refractivity contribution < 1.29 is 0 Å². The molecule has 0 bridgehead atoms. The smallest absolute Gasteiger partial charge is 0.258 e. The Balaban J connectivity index is 1.95. The SMILES string of the molecule is Nc1nc(Nc2ccc(Br)cc2Br)nc(-n2cncn2)n1. The van der Waals surface area contributed by atoms with Crippen molar-refractivity contribution in [3.8, 4) is 5.95 Å². The van der Waals surface area contributed by atoms with E-state index in [1.165, 1.54) is 17.3 Å². The lowest BCUT2D eigenvalue weighted by Gasteiger charge is -2.08. The van der Waals surface area contributed by atoms with Crippen molar-refractivity contribution in [2.24, 2.45) is 0 Å². The van der Waals surface area contributed by atoms with Crippen molar-refractivity contribution in [3.05, 3.63) is 39.8 Å². The van der Waals surface area contributed by atoms with Crippen LogP contribution in [0.2, 0.25) is 0 Å². The van der Waals surface area contributed by atoms with E-state index in [1.54, 1.807) is 0 Å². The molecular weight excluding hydrogens is 404 g/mol. The van der Waals surface area contributed by atoms with Gasteiger partial charge in [-0.05, 0) is 34.1 Å². The summed E-state index contributed by atoms with van der Waals surface area (Å²) in [6.45, 7) is 0. The van der Waals surface area contributed by atoms with Crippen LogP contribution >= 0.6 is 31.9 Å². The molecule has 0 saturated carbocycles. The third kappa shape index (κ3) is 3.16. The number of anilines is 3. The zero-order chi connectivity index (χ0) is 14.8. The first-order valence-corrected chi connectivity index (χ1v) is 7.29. The molecule has 10 heteroatoms. The largest absolute Gasteiger partial charge is 0.368 e. The summed E-state index contributed by atoms with van der Waals surface area (Å²) in [4.78, 5) is 16.2. The molecule has 0 radical (unpaired) electrons. The topological polar surface area (TPSA) is 107 Å². The summed E-state index contributed by atoms with van der Waals surface area (Å²) < 4.78 is 3.22. The number of halogens is 2. The maximum absolute atomic E-state index is 5.70. The molecule has 0 unspecified atom stereocenters. The lowest BCUT2D eigenvalue weighted by Crippen LogP contribution is -2.09. The maximum atomic E-state index is 5.70. The van der Waals surface area contributed by atoms with Crippen LogP contribution in [0.4, 0.5) is 17.6 Å². The molecule has 0 spiro atoms. The zero-order valence-corrected chi connectivity index (χ0v) is 13.6. The predicted octanol–water partition coefficient (Wildman–Crippen LogP) is 2.30. The first-order valence-electron chi connectivity index (χ1n) is 5.70. The second kappa shape index (κ2) is 5.74. The minimum absolute atomic E-state index is 0.0891. The predicted molar refractivity (Wildman–Crippen MR) is 84.3 cm³/mol.